The third-order valence-electron chi connectivity index (χ3n) is 10.9. The SMILES string of the molecule is CCCCCCC1CCC(CCC2CCC(CCC3(CCCCCC)CCCCC3)CC2)CC1. The first kappa shape index (κ1) is 28.6. The summed E-state index contributed by atoms with van der Waals surface area (Å²) in [4.78, 5) is 0. The Morgan fingerprint density at radius 3 is 1.44 bits per heavy atom. The first-order valence-electron chi connectivity index (χ1n) is 16.7. The maximum Gasteiger partial charge on any atom is -0.0297 e. The largest absolute Gasteiger partial charge is 0.0654 e. The standard InChI is InChI=1S/C34H64/c1-3-5-7-10-14-30-15-17-31(18-16-30)19-20-32-21-23-33(24-22-32)25-29-34(26-11-8-6-4-2)27-12-9-13-28-34/h30-33H,3-29H2,1-2H3. The topological polar surface area (TPSA) is 0 Å². The maximum absolute atomic E-state index is 2.35. The summed E-state index contributed by atoms with van der Waals surface area (Å²) in [5, 5.41) is 0. The number of unbranched alkanes of at least 4 members (excludes halogenated alkanes) is 6. The molecular weight excluding hydrogens is 408 g/mol. The average molecular weight is 473 g/mol. The van der Waals surface area contributed by atoms with Crippen molar-refractivity contribution in [2.75, 3.05) is 0 Å². The zero-order valence-corrected chi connectivity index (χ0v) is 23.9. The van der Waals surface area contributed by atoms with Crippen LogP contribution in [0.3, 0.4) is 0 Å². The molecule has 0 spiro atoms. The first-order chi connectivity index (χ1) is 16.7. The highest BCUT2D eigenvalue weighted by atomic mass is 14.4. The van der Waals surface area contributed by atoms with Gasteiger partial charge in [0.05, 0.1) is 0 Å². The molecule has 0 radical (unpaired) electrons. The van der Waals surface area contributed by atoms with E-state index in [-0.39, 0.29) is 0 Å². The van der Waals surface area contributed by atoms with Gasteiger partial charge in [-0.2, -0.15) is 0 Å². The van der Waals surface area contributed by atoms with Crippen molar-refractivity contribution in [3.63, 3.8) is 0 Å². The Labute approximate surface area is 216 Å². The highest BCUT2D eigenvalue weighted by Crippen LogP contribution is 2.47. The number of rotatable bonds is 16. The van der Waals surface area contributed by atoms with Crippen LogP contribution in [0.5, 0.6) is 0 Å². The van der Waals surface area contributed by atoms with Crippen molar-refractivity contribution in [3.8, 4) is 0 Å². The van der Waals surface area contributed by atoms with Gasteiger partial charge in [-0.1, -0.05) is 155 Å². The summed E-state index contributed by atoms with van der Waals surface area (Å²) in [7, 11) is 0. The Balaban J connectivity index is 1.26. The first-order valence-corrected chi connectivity index (χ1v) is 16.7. The molecule has 0 heteroatoms. The molecule has 0 aromatic heterocycles. The Kier molecular flexibility index (Phi) is 14.0. The van der Waals surface area contributed by atoms with E-state index < -0.39 is 0 Å². The molecule has 0 N–H and O–H groups in total. The van der Waals surface area contributed by atoms with Gasteiger partial charge in [0.15, 0.2) is 0 Å². The minimum Gasteiger partial charge on any atom is -0.0654 e. The zero-order valence-electron chi connectivity index (χ0n) is 23.9. The normalized spacial score (nSPS) is 29.8. The van der Waals surface area contributed by atoms with E-state index in [1.54, 1.807) is 96.3 Å². The molecule has 0 aromatic carbocycles. The van der Waals surface area contributed by atoms with E-state index in [9.17, 15) is 0 Å². The van der Waals surface area contributed by atoms with Crippen LogP contribution in [0.1, 0.15) is 187 Å². The van der Waals surface area contributed by atoms with Crippen molar-refractivity contribution in [2.45, 2.75) is 187 Å². The highest BCUT2D eigenvalue weighted by Gasteiger charge is 2.32. The van der Waals surface area contributed by atoms with E-state index in [1.165, 1.54) is 77.0 Å². The monoisotopic (exact) mass is 473 g/mol. The fraction of sp³-hybridized carbons (Fsp3) is 1.00. The summed E-state index contributed by atoms with van der Waals surface area (Å²) in [6.45, 7) is 4.69. The molecule has 3 rings (SSSR count). The minimum atomic E-state index is 0.762. The summed E-state index contributed by atoms with van der Waals surface area (Å²) in [5.41, 5.74) is 0.762. The molecule has 3 fully saturated rings. The van der Waals surface area contributed by atoms with Gasteiger partial charge in [-0.05, 0) is 61.2 Å². The van der Waals surface area contributed by atoms with E-state index in [0.29, 0.717) is 0 Å². The molecule has 34 heavy (non-hydrogen) atoms. The predicted molar refractivity (Wildman–Crippen MR) is 152 cm³/mol. The molecule has 0 heterocycles. The third kappa shape index (κ3) is 10.5. The van der Waals surface area contributed by atoms with Crippen LogP contribution in [0.2, 0.25) is 0 Å². The van der Waals surface area contributed by atoms with Crippen LogP contribution in [-0.4, -0.2) is 0 Å². The lowest BCUT2D eigenvalue weighted by molar-refractivity contribution is 0.127. The molecule has 3 aliphatic rings. The number of hydrogen-bond donors (Lipinski definition) is 0. The molecule has 3 aliphatic carbocycles. The Morgan fingerprint density at radius 1 is 0.441 bits per heavy atom. The van der Waals surface area contributed by atoms with Crippen LogP contribution >= 0.6 is 0 Å². The molecule has 0 bridgehead atoms. The van der Waals surface area contributed by atoms with Gasteiger partial charge in [0, 0.05) is 0 Å². The minimum absolute atomic E-state index is 0.762. The summed E-state index contributed by atoms with van der Waals surface area (Å²) >= 11 is 0. The van der Waals surface area contributed by atoms with Crippen LogP contribution in [0.25, 0.3) is 0 Å². The van der Waals surface area contributed by atoms with Crippen LogP contribution in [0, 0.1) is 29.1 Å². The lowest BCUT2D eigenvalue weighted by Crippen LogP contribution is -2.26. The summed E-state index contributed by atoms with van der Waals surface area (Å²) in [5.74, 6) is 4.33. The molecule has 0 nitrogen and oxygen atoms in total. The Morgan fingerprint density at radius 2 is 0.912 bits per heavy atom. The second-order valence-electron chi connectivity index (χ2n) is 13.6. The second-order valence-corrected chi connectivity index (χ2v) is 13.6. The van der Waals surface area contributed by atoms with Gasteiger partial charge < -0.3 is 0 Å². The molecule has 0 unspecified atom stereocenters. The van der Waals surface area contributed by atoms with E-state index in [4.69, 9.17) is 0 Å². The molecule has 0 amide bonds. The van der Waals surface area contributed by atoms with Crippen molar-refractivity contribution in [2.24, 2.45) is 29.1 Å². The molecule has 0 atom stereocenters. The van der Waals surface area contributed by atoms with Gasteiger partial charge in [0.25, 0.3) is 0 Å². The highest BCUT2D eigenvalue weighted by molar-refractivity contribution is 4.85. The molecule has 0 aromatic rings. The molecular formula is C34H64. The Hall–Kier alpha value is 0. The van der Waals surface area contributed by atoms with E-state index in [1.807, 2.05) is 0 Å². The van der Waals surface area contributed by atoms with Gasteiger partial charge in [0.2, 0.25) is 0 Å². The van der Waals surface area contributed by atoms with Crippen molar-refractivity contribution in [3.05, 3.63) is 0 Å². The molecule has 200 valence electrons. The zero-order chi connectivity index (χ0) is 23.9. The van der Waals surface area contributed by atoms with Gasteiger partial charge in [0.1, 0.15) is 0 Å². The molecule has 0 aliphatic heterocycles. The third-order valence-corrected chi connectivity index (χ3v) is 10.9. The fourth-order valence-corrected chi connectivity index (χ4v) is 8.31. The van der Waals surface area contributed by atoms with Crippen molar-refractivity contribution < 1.29 is 0 Å². The van der Waals surface area contributed by atoms with Crippen molar-refractivity contribution in [1.29, 1.82) is 0 Å². The van der Waals surface area contributed by atoms with Gasteiger partial charge in [-0.3, -0.25) is 0 Å². The summed E-state index contributed by atoms with van der Waals surface area (Å²) in [6.07, 6.45) is 41.3. The van der Waals surface area contributed by atoms with Gasteiger partial charge >= 0.3 is 0 Å². The van der Waals surface area contributed by atoms with Crippen LogP contribution in [0.15, 0.2) is 0 Å². The summed E-state index contributed by atoms with van der Waals surface area (Å²) in [6, 6.07) is 0. The average Bonchev–Trinajstić information content (AvgIpc) is 2.89. The van der Waals surface area contributed by atoms with Gasteiger partial charge in [-0.15, -0.1) is 0 Å². The van der Waals surface area contributed by atoms with Gasteiger partial charge in [-0.25, -0.2) is 0 Å². The predicted octanol–water partition coefficient (Wildman–Crippen LogP) is 12.1. The lowest BCUT2D eigenvalue weighted by Gasteiger charge is -2.40. The fourth-order valence-electron chi connectivity index (χ4n) is 8.31. The van der Waals surface area contributed by atoms with Crippen molar-refractivity contribution in [1.82, 2.24) is 0 Å². The second kappa shape index (κ2) is 16.7. The number of hydrogen-bond acceptors (Lipinski definition) is 0. The smallest absolute Gasteiger partial charge is 0.0297 e. The maximum atomic E-state index is 2.35. The van der Waals surface area contributed by atoms with E-state index in [0.717, 1.165) is 29.1 Å². The quantitative estimate of drug-likeness (QED) is 0.196. The van der Waals surface area contributed by atoms with Crippen LogP contribution in [-0.2, 0) is 0 Å². The van der Waals surface area contributed by atoms with Crippen LogP contribution < -0.4 is 0 Å². The Bertz CT molecular complexity index is 470. The van der Waals surface area contributed by atoms with E-state index >= 15 is 0 Å². The van der Waals surface area contributed by atoms with E-state index in [2.05, 4.69) is 13.8 Å². The molecule has 0 saturated heterocycles. The summed E-state index contributed by atoms with van der Waals surface area (Å²) < 4.78 is 0. The molecule has 3 saturated carbocycles. The van der Waals surface area contributed by atoms with Crippen LogP contribution in [0.4, 0.5) is 0 Å². The van der Waals surface area contributed by atoms with Crippen molar-refractivity contribution >= 4 is 0 Å². The lowest BCUT2D eigenvalue weighted by atomic mass is 9.66.